The first kappa shape index (κ1) is 11.9. The standard InChI is InChI=1S/C8H18O3S/c1-5-7(2)6-8(3)11-12(4,9)10/h7-8H,5-6H2,1-4H3. The van der Waals surface area contributed by atoms with E-state index in [0.29, 0.717) is 5.92 Å². The summed E-state index contributed by atoms with van der Waals surface area (Å²) in [6, 6.07) is 0. The lowest BCUT2D eigenvalue weighted by Crippen LogP contribution is -2.16. The van der Waals surface area contributed by atoms with Crippen LogP contribution in [0.15, 0.2) is 0 Å². The van der Waals surface area contributed by atoms with Crippen LogP contribution in [0.25, 0.3) is 0 Å². The Kier molecular flexibility index (Phi) is 4.78. The highest BCUT2D eigenvalue weighted by molar-refractivity contribution is 7.86. The van der Waals surface area contributed by atoms with Gasteiger partial charge in [-0.3, -0.25) is 4.18 Å². The monoisotopic (exact) mass is 194 g/mol. The molecule has 0 saturated heterocycles. The van der Waals surface area contributed by atoms with Gasteiger partial charge in [0.15, 0.2) is 0 Å². The first-order valence-corrected chi connectivity index (χ1v) is 6.05. The predicted octanol–water partition coefficient (Wildman–Crippen LogP) is 1.79. The largest absolute Gasteiger partial charge is 0.267 e. The van der Waals surface area contributed by atoms with E-state index in [-0.39, 0.29) is 6.10 Å². The normalized spacial score (nSPS) is 17.3. The highest BCUT2D eigenvalue weighted by Crippen LogP contribution is 2.13. The first-order valence-electron chi connectivity index (χ1n) is 4.23. The topological polar surface area (TPSA) is 43.4 Å². The summed E-state index contributed by atoms with van der Waals surface area (Å²) in [5, 5.41) is 0. The third-order valence-corrected chi connectivity index (χ3v) is 2.45. The smallest absolute Gasteiger partial charge is 0.264 e. The van der Waals surface area contributed by atoms with Crippen molar-refractivity contribution in [2.24, 2.45) is 5.92 Å². The maximum absolute atomic E-state index is 10.7. The van der Waals surface area contributed by atoms with E-state index in [0.717, 1.165) is 19.1 Å². The molecule has 3 nitrogen and oxygen atoms in total. The summed E-state index contributed by atoms with van der Waals surface area (Å²) in [5.41, 5.74) is 0. The molecule has 0 rings (SSSR count). The zero-order valence-electron chi connectivity index (χ0n) is 8.20. The van der Waals surface area contributed by atoms with E-state index in [4.69, 9.17) is 4.18 Å². The van der Waals surface area contributed by atoms with Crippen molar-refractivity contribution in [3.05, 3.63) is 0 Å². The van der Waals surface area contributed by atoms with Gasteiger partial charge < -0.3 is 0 Å². The van der Waals surface area contributed by atoms with Crippen LogP contribution in [0.3, 0.4) is 0 Å². The summed E-state index contributed by atoms with van der Waals surface area (Å²) in [5.74, 6) is 0.516. The van der Waals surface area contributed by atoms with Crippen LogP contribution in [-0.4, -0.2) is 20.8 Å². The number of rotatable bonds is 5. The summed E-state index contributed by atoms with van der Waals surface area (Å²) in [6.45, 7) is 5.95. The second-order valence-electron chi connectivity index (χ2n) is 3.36. The molecule has 0 bridgehead atoms. The Hall–Kier alpha value is -0.0900. The third-order valence-electron chi connectivity index (χ3n) is 1.77. The summed E-state index contributed by atoms with van der Waals surface area (Å²) >= 11 is 0. The molecule has 0 N–H and O–H groups in total. The van der Waals surface area contributed by atoms with Crippen LogP contribution in [0.2, 0.25) is 0 Å². The highest BCUT2D eigenvalue weighted by Gasteiger charge is 2.12. The van der Waals surface area contributed by atoms with Gasteiger partial charge in [0, 0.05) is 0 Å². The van der Waals surface area contributed by atoms with Crippen molar-refractivity contribution in [2.75, 3.05) is 6.26 Å². The zero-order chi connectivity index (χ0) is 9.78. The molecule has 74 valence electrons. The molecule has 0 fully saturated rings. The van der Waals surface area contributed by atoms with Gasteiger partial charge in [-0.05, 0) is 19.3 Å². The van der Waals surface area contributed by atoms with E-state index < -0.39 is 10.1 Å². The molecule has 0 aromatic heterocycles. The van der Waals surface area contributed by atoms with Crippen molar-refractivity contribution in [1.82, 2.24) is 0 Å². The van der Waals surface area contributed by atoms with Gasteiger partial charge in [0.05, 0.1) is 12.4 Å². The van der Waals surface area contributed by atoms with Crippen LogP contribution in [-0.2, 0) is 14.3 Å². The molecule has 0 radical (unpaired) electrons. The first-order chi connectivity index (χ1) is 5.35. The predicted molar refractivity (Wildman–Crippen MR) is 49.5 cm³/mol. The molecular weight excluding hydrogens is 176 g/mol. The van der Waals surface area contributed by atoms with Gasteiger partial charge in [0.25, 0.3) is 10.1 Å². The van der Waals surface area contributed by atoms with E-state index in [2.05, 4.69) is 13.8 Å². The minimum Gasteiger partial charge on any atom is -0.267 e. The fourth-order valence-corrected chi connectivity index (χ4v) is 1.75. The van der Waals surface area contributed by atoms with Crippen LogP contribution >= 0.6 is 0 Å². The van der Waals surface area contributed by atoms with Crippen molar-refractivity contribution in [2.45, 2.75) is 39.7 Å². The zero-order valence-corrected chi connectivity index (χ0v) is 9.02. The molecule has 0 heterocycles. The molecule has 0 spiro atoms. The van der Waals surface area contributed by atoms with Crippen LogP contribution < -0.4 is 0 Å². The van der Waals surface area contributed by atoms with Gasteiger partial charge in [0.1, 0.15) is 0 Å². The van der Waals surface area contributed by atoms with Gasteiger partial charge in [-0.2, -0.15) is 8.42 Å². The molecule has 12 heavy (non-hydrogen) atoms. The molecule has 4 heteroatoms. The quantitative estimate of drug-likeness (QED) is 0.627. The third kappa shape index (κ3) is 6.61. The van der Waals surface area contributed by atoms with Gasteiger partial charge in [-0.15, -0.1) is 0 Å². The molecular formula is C8H18O3S. The van der Waals surface area contributed by atoms with Gasteiger partial charge in [0.2, 0.25) is 0 Å². The molecule has 0 aromatic rings. The maximum atomic E-state index is 10.7. The van der Waals surface area contributed by atoms with Crippen molar-refractivity contribution in [1.29, 1.82) is 0 Å². The van der Waals surface area contributed by atoms with Gasteiger partial charge >= 0.3 is 0 Å². The van der Waals surface area contributed by atoms with Crippen molar-refractivity contribution in [3.63, 3.8) is 0 Å². The minimum absolute atomic E-state index is 0.199. The van der Waals surface area contributed by atoms with E-state index in [1.807, 2.05) is 0 Å². The molecule has 2 atom stereocenters. The fourth-order valence-electron chi connectivity index (χ4n) is 1.07. The summed E-state index contributed by atoms with van der Waals surface area (Å²) in [4.78, 5) is 0. The Morgan fingerprint density at radius 1 is 1.33 bits per heavy atom. The molecule has 0 saturated carbocycles. The van der Waals surface area contributed by atoms with Crippen molar-refractivity contribution in [3.8, 4) is 0 Å². The lowest BCUT2D eigenvalue weighted by molar-refractivity contribution is 0.197. The highest BCUT2D eigenvalue weighted by atomic mass is 32.2. The van der Waals surface area contributed by atoms with E-state index >= 15 is 0 Å². The van der Waals surface area contributed by atoms with E-state index in [1.165, 1.54) is 0 Å². The van der Waals surface area contributed by atoms with Crippen LogP contribution in [0.4, 0.5) is 0 Å². The molecule has 2 unspecified atom stereocenters. The number of hydrogen-bond donors (Lipinski definition) is 0. The molecule has 0 aliphatic carbocycles. The molecule has 0 aliphatic rings. The van der Waals surface area contributed by atoms with E-state index in [9.17, 15) is 8.42 Å². The van der Waals surface area contributed by atoms with Gasteiger partial charge in [-0.25, -0.2) is 0 Å². The van der Waals surface area contributed by atoms with Crippen LogP contribution in [0.5, 0.6) is 0 Å². The Balaban J connectivity index is 3.82. The number of hydrogen-bond acceptors (Lipinski definition) is 3. The lowest BCUT2D eigenvalue weighted by atomic mass is 10.0. The summed E-state index contributed by atoms with van der Waals surface area (Å²) < 4.78 is 26.2. The molecule has 0 aliphatic heterocycles. The average molecular weight is 194 g/mol. The average Bonchev–Trinajstić information content (AvgIpc) is 1.82. The second kappa shape index (κ2) is 4.82. The summed E-state index contributed by atoms with van der Waals surface area (Å²) in [6.07, 6.45) is 2.73. The van der Waals surface area contributed by atoms with Crippen LogP contribution in [0, 0.1) is 5.92 Å². The molecule has 0 amide bonds. The van der Waals surface area contributed by atoms with Gasteiger partial charge in [-0.1, -0.05) is 20.3 Å². The maximum Gasteiger partial charge on any atom is 0.264 e. The Morgan fingerprint density at radius 2 is 1.83 bits per heavy atom. The molecule has 0 aromatic carbocycles. The van der Waals surface area contributed by atoms with Crippen molar-refractivity contribution < 1.29 is 12.6 Å². The lowest BCUT2D eigenvalue weighted by Gasteiger charge is -2.14. The second-order valence-corrected chi connectivity index (χ2v) is 4.96. The SMILES string of the molecule is CCC(C)CC(C)OS(C)(=O)=O. The van der Waals surface area contributed by atoms with Crippen LogP contribution in [0.1, 0.15) is 33.6 Å². The minimum atomic E-state index is -3.28. The summed E-state index contributed by atoms with van der Waals surface area (Å²) in [7, 11) is -3.28. The Bertz CT molecular complexity index is 208. The van der Waals surface area contributed by atoms with E-state index in [1.54, 1.807) is 6.92 Å². The van der Waals surface area contributed by atoms with Crippen molar-refractivity contribution >= 4 is 10.1 Å². The fraction of sp³-hybridized carbons (Fsp3) is 1.00. The Labute approximate surface area is 75.2 Å². The Morgan fingerprint density at radius 3 is 2.17 bits per heavy atom.